The lowest BCUT2D eigenvalue weighted by atomic mass is 10.1. The molecule has 0 radical (unpaired) electrons. The summed E-state index contributed by atoms with van der Waals surface area (Å²) >= 11 is 0. The molecule has 0 aliphatic carbocycles. The van der Waals surface area contributed by atoms with Crippen molar-refractivity contribution in [3.8, 4) is 0 Å². The molecule has 2 aromatic heterocycles. The lowest BCUT2D eigenvalue weighted by Gasteiger charge is -2.00. The standard InChI is InChI=1S/C14H11N3O/c1-17-9-12(8-16-17)14(18)11-6-10-4-2-3-5-13(10)15-7-11/h2-9H,1H3. The van der Waals surface area contributed by atoms with Gasteiger partial charge in [-0.1, -0.05) is 18.2 Å². The molecule has 0 amide bonds. The average molecular weight is 237 g/mol. The monoisotopic (exact) mass is 237 g/mol. The van der Waals surface area contributed by atoms with Gasteiger partial charge in [0, 0.05) is 30.4 Å². The summed E-state index contributed by atoms with van der Waals surface area (Å²) in [5.41, 5.74) is 2.05. The summed E-state index contributed by atoms with van der Waals surface area (Å²) in [6.45, 7) is 0. The highest BCUT2D eigenvalue weighted by atomic mass is 16.1. The van der Waals surface area contributed by atoms with Gasteiger partial charge in [-0.25, -0.2) is 0 Å². The van der Waals surface area contributed by atoms with Gasteiger partial charge in [-0.3, -0.25) is 14.5 Å². The minimum Gasteiger partial charge on any atom is -0.288 e. The molecular weight excluding hydrogens is 226 g/mol. The second kappa shape index (κ2) is 4.07. The van der Waals surface area contributed by atoms with Crippen LogP contribution in [0, 0.1) is 0 Å². The first-order valence-corrected chi connectivity index (χ1v) is 5.62. The molecule has 3 rings (SSSR count). The minimum atomic E-state index is -0.0543. The van der Waals surface area contributed by atoms with Crippen molar-refractivity contribution in [2.75, 3.05) is 0 Å². The topological polar surface area (TPSA) is 47.8 Å². The van der Waals surface area contributed by atoms with Crippen molar-refractivity contribution in [2.45, 2.75) is 0 Å². The van der Waals surface area contributed by atoms with Crippen molar-refractivity contribution in [2.24, 2.45) is 7.05 Å². The molecule has 0 atom stereocenters. The zero-order valence-electron chi connectivity index (χ0n) is 9.87. The van der Waals surface area contributed by atoms with Gasteiger partial charge in [0.2, 0.25) is 0 Å². The third-order valence-electron chi connectivity index (χ3n) is 2.82. The Bertz CT molecular complexity index is 730. The number of pyridine rings is 1. The second-order valence-electron chi connectivity index (χ2n) is 4.15. The van der Waals surface area contributed by atoms with Crippen LogP contribution in [-0.4, -0.2) is 20.5 Å². The van der Waals surface area contributed by atoms with Crippen LogP contribution in [0.3, 0.4) is 0 Å². The van der Waals surface area contributed by atoms with Gasteiger partial charge < -0.3 is 0 Å². The molecular formula is C14H11N3O. The average Bonchev–Trinajstić information content (AvgIpc) is 2.84. The van der Waals surface area contributed by atoms with Crippen LogP contribution in [0.1, 0.15) is 15.9 Å². The highest BCUT2D eigenvalue weighted by Crippen LogP contribution is 2.15. The number of carbonyl (C=O) groups excluding carboxylic acids is 1. The number of hydrogen-bond acceptors (Lipinski definition) is 3. The van der Waals surface area contributed by atoms with Gasteiger partial charge >= 0.3 is 0 Å². The minimum absolute atomic E-state index is 0.0543. The van der Waals surface area contributed by atoms with Crippen LogP contribution in [-0.2, 0) is 7.05 Å². The Morgan fingerprint density at radius 1 is 1.17 bits per heavy atom. The molecule has 0 bridgehead atoms. The summed E-state index contributed by atoms with van der Waals surface area (Å²) in [5.74, 6) is -0.0543. The van der Waals surface area contributed by atoms with Crippen molar-refractivity contribution in [1.29, 1.82) is 0 Å². The first-order valence-electron chi connectivity index (χ1n) is 5.62. The summed E-state index contributed by atoms with van der Waals surface area (Å²) in [5, 5.41) is 4.97. The molecule has 2 heterocycles. The third-order valence-corrected chi connectivity index (χ3v) is 2.82. The van der Waals surface area contributed by atoms with Gasteiger partial charge in [0.15, 0.2) is 5.78 Å². The van der Waals surface area contributed by atoms with E-state index in [1.165, 1.54) is 0 Å². The summed E-state index contributed by atoms with van der Waals surface area (Å²) in [6, 6.07) is 9.59. The van der Waals surface area contributed by atoms with E-state index >= 15 is 0 Å². The molecule has 0 saturated heterocycles. The van der Waals surface area contributed by atoms with Crippen LogP contribution >= 0.6 is 0 Å². The molecule has 0 aliphatic rings. The number of rotatable bonds is 2. The molecule has 4 nitrogen and oxygen atoms in total. The van der Waals surface area contributed by atoms with Crippen molar-refractivity contribution in [1.82, 2.24) is 14.8 Å². The summed E-state index contributed by atoms with van der Waals surface area (Å²) in [4.78, 5) is 16.5. The van der Waals surface area contributed by atoms with E-state index in [2.05, 4.69) is 10.1 Å². The molecule has 0 N–H and O–H groups in total. The number of fused-ring (bicyclic) bond motifs is 1. The Balaban J connectivity index is 2.06. The van der Waals surface area contributed by atoms with Crippen molar-refractivity contribution < 1.29 is 4.79 Å². The van der Waals surface area contributed by atoms with Crippen LogP contribution in [0.2, 0.25) is 0 Å². The highest BCUT2D eigenvalue weighted by molar-refractivity contribution is 6.09. The Morgan fingerprint density at radius 2 is 2.00 bits per heavy atom. The van der Waals surface area contributed by atoms with Crippen molar-refractivity contribution in [3.05, 3.63) is 60.0 Å². The molecule has 88 valence electrons. The van der Waals surface area contributed by atoms with E-state index in [1.54, 1.807) is 30.3 Å². The predicted octanol–water partition coefficient (Wildman–Crippen LogP) is 2.20. The number of carbonyl (C=O) groups is 1. The Labute approximate surface area is 104 Å². The van der Waals surface area contributed by atoms with Gasteiger partial charge in [0.05, 0.1) is 17.3 Å². The number of nitrogens with zero attached hydrogens (tertiary/aromatic N) is 3. The maximum Gasteiger partial charge on any atom is 0.197 e. The summed E-state index contributed by atoms with van der Waals surface area (Å²) < 4.78 is 1.61. The van der Waals surface area contributed by atoms with Crippen LogP contribution < -0.4 is 0 Å². The van der Waals surface area contributed by atoms with Crippen LogP contribution in [0.25, 0.3) is 10.9 Å². The van der Waals surface area contributed by atoms with E-state index in [4.69, 9.17) is 0 Å². The van der Waals surface area contributed by atoms with E-state index in [-0.39, 0.29) is 5.78 Å². The first kappa shape index (κ1) is 10.7. The SMILES string of the molecule is Cn1cc(C(=O)c2cnc3ccccc3c2)cn1. The lowest BCUT2D eigenvalue weighted by Crippen LogP contribution is -2.00. The van der Waals surface area contributed by atoms with E-state index in [9.17, 15) is 4.79 Å². The van der Waals surface area contributed by atoms with E-state index in [0.717, 1.165) is 10.9 Å². The smallest absolute Gasteiger partial charge is 0.197 e. The van der Waals surface area contributed by atoms with Gasteiger partial charge in [-0.15, -0.1) is 0 Å². The number of aromatic nitrogens is 3. The van der Waals surface area contributed by atoms with Gasteiger partial charge in [0.25, 0.3) is 0 Å². The molecule has 1 aromatic carbocycles. The number of aryl methyl sites for hydroxylation is 1. The van der Waals surface area contributed by atoms with Crippen LogP contribution in [0.5, 0.6) is 0 Å². The zero-order chi connectivity index (χ0) is 12.5. The Hall–Kier alpha value is -2.49. The number of hydrogen-bond donors (Lipinski definition) is 0. The molecule has 0 spiro atoms. The zero-order valence-corrected chi connectivity index (χ0v) is 9.87. The van der Waals surface area contributed by atoms with Gasteiger partial charge in [-0.2, -0.15) is 5.10 Å². The highest BCUT2D eigenvalue weighted by Gasteiger charge is 2.11. The third kappa shape index (κ3) is 1.78. The Morgan fingerprint density at radius 3 is 2.78 bits per heavy atom. The van der Waals surface area contributed by atoms with E-state index in [1.807, 2.05) is 30.3 Å². The Kier molecular flexibility index (Phi) is 2.41. The fourth-order valence-corrected chi connectivity index (χ4v) is 1.90. The fraction of sp³-hybridized carbons (Fsp3) is 0.0714. The van der Waals surface area contributed by atoms with E-state index in [0.29, 0.717) is 11.1 Å². The molecule has 3 aromatic rings. The molecule has 0 fully saturated rings. The molecule has 0 aliphatic heterocycles. The largest absolute Gasteiger partial charge is 0.288 e. The molecule has 0 unspecified atom stereocenters. The summed E-state index contributed by atoms with van der Waals surface area (Å²) in [7, 11) is 1.79. The normalized spacial score (nSPS) is 10.7. The quantitative estimate of drug-likeness (QED) is 0.642. The fourth-order valence-electron chi connectivity index (χ4n) is 1.90. The first-order chi connectivity index (χ1) is 8.74. The molecule has 0 saturated carbocycles. The number of para-hydroxylation sites is 1. The maximum atomic E-state index is 12.2. The number of benzene rings is 1. The van der Waals surface area contributed by atoms with Gasteiger partial charge in [-0.05, 0) is 12.1 Å². The van der Waals surface area contributed by atoms with Crippen molar-refractivity contribution >= 4 is 16.7 Å². The van der Waals surface area contributed by atoms with E-state index < -0.39 is 0 Å². The lowest BCUT2D eigenvalue weighted by molar-refractivity contribution is 0.103. The molecule has 18 heavy (non-hydrogen) atoms. The summed E-state index contributed by atoms with van der Waals surface area (Å²) in [6.07, 6.45) is 4.88. The predicted molar refractivity (Wildman–Crippen MR) is 68.4 cm³/mol. The number of ketones is 1. The van der Waals surface area contributed by atoms with Crippen molar-refractivity contribution in [3.63, 3.8) is 0 Å². The van der Waals surface area contributed by atoms with Gasteiger partial charge in [0.1, 0.15) is 0 Å². The maximum absolute atomic E-state index is 12.2. The van der Waals surface area contributed by atoms with Crippen LogP contribution in [0.4, 0.5) is 0 Å². The van der Waals surface area contributed by atoms with Crippen LogP contribution in [0.15, 0.2) is 48.9 Å². The molecule has 4 heteroatoms. The second-order valence-corrected chi connectivity index (χ2v) is 4.15.